The van der Waals surface area contributed by atoms with Crippen molar-refractivity contribution in [2.75, 3.05) is 11.7 Å². The van der Waals surface area contributed by atoms with Gasteiger partial charge < -0.3 is 0 Å². The SMILES string of the molecule is Cc1nsc(NN=C(C(=O)c2ccccc2)S(C)(=O)=O)n1. The molecule has 0 atom stereocenters. The van der Waals surface area contributed by atoms with Crippen LogP contribution in [0.3, 0.4) is 0 Å². The quantitative estimate of drug-likeness (QED) is 0.396. The van der Waals surface area contributed by atoms with Crippen LogP contribution in [0.5, 0.6) is 0 Å². The van der Waals surface area contributed by atoms with Crippen LogP contribution in [-0.4, -0.2) is 34.9 Å². The molecule has 0 bridgehead atoms. The van der Waals surface area contributed by atoms with Gasteiger partial charge in [0.1, 0.15) is 5.82 Å². The molecule has 1 aromatic heterocycles. The summed E-state index contributed by atoms with van der Waals surface area (Å²) in [6.45, 7) is 1.69. The summed E-state index contributed by atoms with van der Waals surface area (Å²) in [5.74, 6) is -0.139. The molecular weight excluding hydrogens is 312 g/mol. The van der Waals surface area contributed by atoms with Crippen molar-refractivity contribution in [3.05, 3.63) is 41.7 Å². The Morgan fingerprint density at radius 3 is 2.48 bits per heavy atom. The third kappa shape index (κ3) is 3.92. The molecule has 2 aromatic rings. The molecule has 1 heterocycles. The number of ketones is 1. The molecule has 21 heavy (non-hydrogen) atoms. The molecule has 0 amide bonds. The number of aromatic nitrogens is 2. The highest BCUT2D eigenvalue weighted by Gasteiger charge is 2.24. The van der Waals surface area contributed by atoms with Crippen LogP contribution in [0, 0.1) is 6.92 Å². The Morgan fingerprint density at radius 1 is 1.29 bits per heavy atom. The predicted molar refractivity (Wildman–Crippen MR) is 81.3 cm³/mol. The van der Waals surface area contributed by atoms with Gasteiger partial charge in [-0.3, -0.25) is 4.79 Å². The van der Waals surface area contributed by atoms with Crippen molar-refractivity contribution in [3.8, 4) is 0 Å². The normalized spacial score (nSPS) is 12.2. The van der Waals surface area contributed by atoms with E-state index in [0.717, 1.165) is 17.8 Å². The van der Waals surface area contributed by atoms with Gasteiger partial charge in [-0.2, -0.15) is 9.47 Å². The van der Waals surface area contributed by atoms with Crippen LogP contribution in [0.2, 0.25) is 0 Å². The number of aryl methyl sites for hydroxylation is 1. The number of hydrazone groups is 1. The minimum Gasteiger partial charge on any atom is -0.286 e. The second-order valence-corrected chi connectivity index (χ2v) is 6.83. The molecule has 0 aliphatic carbocycles. The fourth-order valence-corrected chi connectivity index (χ4v) is 2.64. The zero-order valence-corrected chi connectivity index (χ0v) is 12.9. The summed E-state index contributed by atoms with van der Waals surface area (Å²) in [5, 5.41) is 3.44. The molecule has 0 aliphatic rings. The molecule has 1 N–H and O–H groups in total. The van der Waals surface area contributed by atoms with Crippen LogP contribution in [0.1, 0.15) is 16.2 Å². The minimum absolute atomic E-state index is 0.247. The first kappa shape index (κ1) is 15.3. The summed E-state index contributed by atoms with van der Waals surface area (Å²) in [6, 6.07) is 8.08. The van der Waals surface area contributed by atoms with Gasteiger partial charge in [0.05, 0.1) is 0 Å². The summed E-state index contributed by atoms with van der Waals surface area (Å²) < 4.78 is 27.4. The van der Waals surface area contributed by atoms with Gasteiger partial charge >= 0.3 is 0 Å². The molecule has 1 aromatic carbocycles. The van der Waals surface area contributed by atoms with Crippen molar-refractivity contribution < 1.29 is 13.2 Å². The number of anilines is 1. The highest BCUT2D eigenvalue weighted by atomic mass is 32.2. The highest BCUT2D eigenvalue weighted by molar-refractivity contribution is 8.07. The second-order valence-electron chi connectivity index (χ2n) is 4.14. The van der Waals surface area contributed by atoms with E-state index in [0.29, 0.717) is 11.0 Å². The Kier molecular flexibility index (Phi) is 4.43. The lowest BCUT2D eigenvalue weighted by atomic mass is 10.1. The van der Waals surface area contributed by atoms with Crippen LogP contribution >= 0.6 is 11.5 Å². The Labute approximate surface area is 125 Å². The van der Waals surface area contributed by atoms with Crippen molar-refractivity contribution in [3.63, 3.8) is 0 Å². The molecule has 110 valence electrons. The molecule has 9 heteroatoms. The lowest BCUT2D eigenvalue weighted by Gasteiger charge is -2.03. The van der Waals surface area contributed by atoms with Crippen molar-refractivity contribution in [1.29, 1.82) is 0 Å². The van der Waals surface area contributed by atoms with Crippen LogP contribution < -0.4 is 5.43 Å². The van der Waals surface area contributed by atoms with E-state index in [9.17, 15) is 13.2 Å². The van der Waals surface area contributed by atoms with Crippen LogP contribution in [0.15, 0.2) is 35.4 Å². The average Bonchev–Trinajstić information content (AvgIpc) is 2.84. The van der Waals surface area contributed by atoms with E-state index in [2.05, 4.69) is 19.9 Å². The first-order chi connectivity index (χ1) is 9.88. The monoisotopic (exact) mass is 324 g/mol. The fourth-order valence-electron chi connectivity index (χ4n) is 1.46. The van der Waals surface area contributed by atoms with Gasteiger partial charge in [0.25, 0.3) is 0 Å². The van der Waals surface area contributed by atoms with E-state index in [4.69, 9.17) is 0 Å². The fraction of sp³-hybridized carbons (Fsp3) is 0.167. The maximum Gasteiger partial charge on any atom is 0.224 e. The van der Waals surface area contributed by atoms with Gasteiger partial charge in [0.15, 0.2) is 9.84 Å². The largest absolute Gasteiger partial charge is 0.286 e. The number of nitrogens with zero attached hydrogens (tertiary/aromatic N) is 3. The number of hydrogen-bond donors (Lipinski definition) is 1. The number of hydrogen-bond acceptors (Lipinski definition) is 8. The van der Waals surface area contributed by atoms with Crippen molar-refractivity contribution in [2.45, 2.75) is 6.92 Å². The number of nitrogens with one attached hydrogen (secondary N) is 1. The number of rotatable bonds is 4. The van der Waals surface area contributed by atoms with Gasteiger partial charge in [0, 0.05) is 23.4 Å². The molecular formula is C12H12N4O3S2. The van der Waals surface area contributed by atoms with Crippen molar-refractivity contribution in [1.82, 2.24) is 9.36 Å². The van der Waals surface area contributed by atoms with Gasteiger partial charge in [0.2, 0.25) is 16.0 Å². The van der Waals surface area contributed by atoms with Gasteiger partial charge in [-0.05, 0) is 6.92 Å². The van der Waals surface area contributed by atoms with E-state index in [1.807, 2.05) is 0 Å². The van der Waals surface area contributed by atoms with E-state index in [-0.39, 0.29) is 5.56 Å². The molecule has 0 fully saturated rings. The Bertz CT molecular complexity index is 782. The number of Topliss-reactive ketones (excluding diaryl/α,β-unsaturated/α-hetero) is 1. The molecule has 2 rings (SSSR count). The summed E-state index contributed by atoms with van der Waals surface area (Å²) in [6.07, 6.45) is 0.930. The first-order valence-electron chi connectivity index (χ1n) is 5.82. The van der Waals surface area contributed by atoms with Gasteiger partial charge in [-0.15, -0.1) is 0 Å². The van der Waals surface area contributed by atoms with Crippen LogP contribution in [0.25, 0.3) is 0 Å². The van der Waals surface area contributed by atoms with E-state index in [1.54, 1.807) is 25.1 Å². The molecule has 0 radical (unpaired) electrons. The molecule has 0 unspecified atom stereocenters. The number of sulfone groups is 1. The number of benzene rings is 1. The lowest BCUT2D eigenvalue weighted by Crippen LogP contribution is -2.25. The Hall–Kier alpha value is -2.13. The summed E-state index contributed by atoms with van der Waals surface area (Å²) in [7, 11) is -3.78. The summed E-state index contributed by atoms with van der Waals surface area (Å²) >= 11 is 1.02. The number of carbonyl (C=O) groups excluding carboxylic acids is 1. The molecule has 0 saturated heterocycles. The van der Waals surface area contributed by atoms with Crippen molar-refractivity contribution >= 4 is 37.3 Å². The zero-order chi connectivity index (χ0) is 15.5. The molecule has 0 aliphatic heterocycles. The molecule has 0 spiro atoms. The Balaban J connectivity index is 2.33. The van der Waals surface area contributed by atoms with Gasteiger partial charge in [-0.25, -0.2) is 18.8 Å². The van der Waals surface area contributed by atoms with Crippen molar-refractivity contribution in [2.24, 2.45) is 5.10 Å². The van der Waals surface area contributed by atoms with Gasteiger partial charge in [-0.1, -0.05) is 30.3 Å². The smallest absolute Gasteiger partial charge is 0.224 e. The first-order valence-corrected chi connectivity index (χ1v) is 8.48. The summed E-state index contributed by atoms with van der Waals surface area (Å²) in [5.41, 5.74) is 2.70. The molecule has 0 saturated carbocycles. The minimum atomic E-state index is -3.78. The maximum absolute atomic E-state index is 12.2. The highest BCUT2D eigenvalue weighted by Crippen LogP contribution is 2.11. The predicted octanol–water partition coefficient (Wildman–Crippen LogP) is 1.50. The van der Waals surface area contributed by atoms with Crippen LogP contribution in [-0.2, 0) is 9.84 Å². The van der Waals surface area contributed by atoms with E-state index >= 15 is 0 Å². The summed E-state index contributed by atoms with van der Waals surface area (Å²) in [4.78, 5) is 16.2. The second kappa shape index (κ2) is 6.10. The van der Waals surface area contributed by atoms with E-state index in [1.165, 1.54) is 12.1 Å². The number of carbonyl (C=O) groups is 1. The lowest BCUT2D eigenvalue weighted by molar-refractivity contribution is 0.106. The maximum atomic E-state index is 12.2. The molecule has 7 nitrogen and oxygen atoms in total. The standard InChI is InChI=1S/C12H12N4O3S2/c1-8-13-12(20-16-8)15-14-11(21(2,18)19)10(17)9-6-4-3-5-7-9/h3-7H,1-2H3,(H,13,15,16). The Morgan fingerprint density at radius 2 is 1.95 bits per heavy atom. The third-order valence-electron chi connectivity index (χ3n) is 2.36. The zero-order valence-electron chi connectivity index (χ0n) is 11.3. The van der Waals surface area contributed by atoms with Crippen LogP contribution in [0.4, 0.5) is 5.13 Å². The average molecular weight is 324 g/mol. The topological polar surface area (TPSA) is 101 Å². The third-order valence-corrected chi connectivity index (χ3v) is 4.05. The van der Waals surface area contributed by atoms with E-state index < -0.39 is 20.7 Å².